The fraction of sp³-hybridized carbons (Fsp3) is 0.133. The van der Waals surface area contributed by atoms with Crippen LogP contribution in [0.4, 0.5) is 5.69 Å². The van der Waals surface area contributed by atoms with Crippen LogP contribution in [0.3, 0.4) is 0 Å². The number of benzene rings is 1. The summed E-state index contributed by atoms with van der Waals surface area (Å²) in [6, 6.07) is 7.48. The molecule has 3 nitrogen and oxygen atoms in total. The van der Waals surface area contributed by atoms with Crippen LogP contribution in [0.2, 0.25) is 0 Å². The molecule has 0 saturated heterocycles. The van der Waals surface area contributed by atoms with Gasteiger partial charge in [-0.1, -0.05) is 11.8 Å². The first-order valence-electron chi connectivity index (χ1n) is 6.06. The van der Waals surface area contributed by atoms with Crippen LogP contribution >= 0.6 is 43.2 Å². The molecule has 1 heterocycles. The molecule has 6 heteroatoms. The molecule has 0 bridgehead atoms. The van der Waals surface area contributed by atoms with Crippen molar-refractivity contribution in [3.05, 3.63) is 48.5 Å². The summed E-state index contributed by atoms with van der Waals surface area (Å²) in [6.45, 7) is 2.27. The number of halogens is 2. The molecule has 1 aromatic carbocycles. The van der Waals surface area contributed by atoms with Crippen LogP contribution in [-0.4, -0.2) is 12.5 Å². The molecule has 0 atom stereocenters. The van der Waals surface area contributed by atoms with Gasteiger partial charge in [0.2, 0.25) is 0 Å². The maximum absolute atomic E-state index is 12.3. The second-order valence-corrected chi connectivity index (χ2v) is 8.03. The Morgan fingerprint density at radius 3 is 2.71 bits per heavy atom. The minimum atomic E-state index is -0.160. The lowest BCUT2D eigenvalue weighted by Crippen LogP contribution is -2.11. The number of thiophene rings is 1. The Hall–Kier alpha value is -1.13. The summed E-state index contributed by atoms with van der Waals surface area (Å²) in [6.07, 6.45) is 0. The Bertz CT molecular complexity index is 744. The van der Waals surface area contributed by atoms with Crippen molar-refractivity contribution in [2.75, 3.05) is 11.9 Å². The largest absolute Gasteiger partial charge is 0.322 e. The summed E-state index contributed by atoms with van der Waals surface area (Å²) in [5.41, 5.74) is 8.56. The zero-order valence-corrected chi connectivity index (χ0v) is 15.2. The molecule has 0 aliphatic carbocycles. The zero-order valence-electron chi connectivity index (χ0n) is 11.2. The average molecular weight is 428 g/mol. The van der Waals surface area contributed by atoms with Gasteiger partial charge in [0.15, 0.2) is 0 Å². The van der Waals surface area contributed by atoms with Crippen molar-refractivity contribution in [2.45, 2.75) is 6.92 Å². The highest BCUT2D eigenvalue weighted by Gasteiger charge is 2.14. The lowest BCUT2D eigenvalue weighted by Gasteiger charge is -2.06. The number of aryl methyl sites for hydroxylation is 1. The number of amides is 1. The molecular formula is C15H12Br2N2OS. The topological polar surface area (TPSA) is 55.1 Å². The molecule has 1 amide bonds. The maximum atomic E-state index is 12.3. The van der Waals surface area contributed by atoms with E-state index in [0.717, 1.165) is 24.4 Å². The molecule has 2 rings (SSSR count). The second-order valence-electron chi connectivity index (χ2n) is 4.29. The van der Waals surface area contributed by atoms with Crippen LogP contribution in [-0.2, 0) is 0 Å². The van der Waals surface area contributed by atoms with Gasteiger partial charge in [0.1, 0.15) is 0 Å². The Balaban J connectivity index is 2.25. The van der Waals surface area contributed by atoms with E-state index in [1.807, 2.05) is 25.1 Å². The van der Waals surface area contributed by atoms with E-state index in [1.165, 1.54) is 11.3 Å². The first-order chi connectivity index (χ1) is 9.99. The number of hydrogen-bond acceptors (Lipinski definition) is 3. The summed E-state index contributed by atoms with van der Waals surface area (Å²) in [4.78, 5) is 12.3. The number of carbonyl (C=O) groups excluding carboxylic acids is 1. The molecule has 21 heavy (non-hydrogen) atoms. The predicted molar refractivity (Wildman–Crippen MR) is 94.8 cm³/mol. The van der Waals surface area contributed by atoms with Crippen LogP contribution in [0.5, 0.6) is 0 Å². The second kappa shape index (κ2) is 7.23. The summed E-state index contributed by atoms with van der Waals surface area (Å²) in [7, 11) is 0. The van der Waals surface area contributed by atoms with E-state index < -0.39 is 0 Å². The Labute approximate surface area is 144 Å². The molecule has 108 valence electrons. The molecule has 0 saturated carbocycles. The van der Waals surface area contributed by atoms with Crippen molar-refractivity contribution in [2.24, 2.45) is 5.73 Å². The predicted octanol–water partition coefficient (Wildman–Crippen LogP) is 4.14. The maximum Gasteiger partial charge on any atom is 0.257 e. The molecule has 0 aliphatic rings. The molecule has 3 N–H and O–H groups in total. The number of nitrogens with one attached hydrogen (secondary N) is 1. The normalized spacial score (nSPS) is 9.90. The average Bonchev–Trinajstić information content (AvgIpc) is 2.75. The van der Waals surface area contributed by atoms with Gasteiger partial charge in [0.25, 0.3) is 5.91 Å². The highest BCUT2D eigenvalue weighted by molar-refractivity contribution is 9.12. The van der Waals surface area contributed by atoms with E-state index in [0.29, 0.717) is 12.1 Å². The minimum absolute atomic E-state index is 0.160. The van der Waals surface area contributed by atoms with Gasteiger partial charge in [-0.3, -0.25) is 4.79 Å². The van der Waals surface area contributed by atoms with Crippen molar-refractivity contribution in [3.8, 4) is 11.8 Å². The molecule has 2 aromatic rings. The van der Waals surface area contributed by atoms with Crippen molar-refractivity contribution >= 4 is 54.8 Å². The van der Waals surface area contributed by atoms with Gasteiger partial charge in [0, 0.05) is 11.3 Å². The highest BCUT2D eigenvalue weighted by atomic mass is 79.9. The number of anilines is 1. The number of nitrogens with two attached hydrogens (primary N) is 1. The van der Waals surface area contributed by atoms with E-state index in [9.17, 15) is 4.79 Å². The fourth-order valence-electron chi connectivity index (χ4n) is 1.77. The van der Waals surface area contributed by atoms with Crippen molar-refractivity contribution in [1.82, 2.24) is 0 Å². The van der Waals surface area contributed by atoms with Crippen molar-refractivity contribution < 1.29 is 4.79 Å². The quantitative estimate of drug-likeness (QED) is 0.707. The van der Waals surface area contributed by atoms with E-state index in [4.69, 9.17) is 5.73 Å². The summed E-state index contributed by atoms with van der Waals surface area (Å²) < 4.78 is 1.70. The standard InChI is InChI=1S/C15H12Br2N2OS/c1-9-5-10(3-2-4-18)7-11(6-9)19-15(20)12-8-13(16)21-14(12)17/h5-8H,4,18H2,1H3,(H,19,20). The van der Waals surface area contributed by atoms with Gasteiger partial charge in [-0.05, 0) is 68.6 Å². The third-order valence-corrected chi connectivity index (χ3v) is 4.91. The lowest BCUT2D eigenvalue weighted by molar-refractivity contribution is 0.102. The lowest BCUT2D eigenvalue weighted by atomic mass is 10.1. The molecule has 0 aliphatic heterocycles. The molecule has 0 spiro atoms. The van der Waals surface area contributed by atoms with E-state index in [1.54, 1.807) is 6.07 Å². The van der Waals surface area contributed by atoms with Crippen LogP contribution < -0.4 is 11.1 Å². The van der Waals surface area contributed by atoms with Gasteiger partial charge in [-0.25, -0.2) is 0 Å². The van der Waals surface area contributed by atoms with Crippen molar-refractivity contribution in [1.29, 1.82) is 0 Å². The van der Waals surface area contributed by atoms with Crippen LogP contribution in [0.25, 0.3) is 0 Å². The summed E-state index contributed by atoms with van der Waals surface area (Å²) in [5.74, 6) is 5.62. The fourth-order valence-corrected chi connectivity index (χ4v) is 4.57. The van der Waals surface area contributed by atoms with Gasteiger partial charge in [-0.15, -0.1) is 11.3 Å². The van der Waals surface area contributed by atoms with E-state index in [2.05, 4.69) is 49.0 Å². The third-order valence-electron chi connectivity index (χ3n) is 2.57. The SMILES string of the molecule is Cc1cc(C#CCN)cc(NC(=O)c2cc(Br)sc2Br)c1. The van der Waals surface area contributed by atoms with E-state index in [-0.39, 0.29) is 5.91 Å². The number of rotatable bonds is 2. The molecule has 0 fully saturated rings. The Morgan fingerprint density at radius 2 is 2.10 bits per heavy atom. The van der Waals surface area contributed by atoms with Gasteiger partial charge in [-0.2, -0.15) is 0 Å². The molecule has 1 aromatic heterocycles. The monoisotopic (exact) mass is 426 g/mol. The minimum Gasteiger partial charge on any atom is -0.322 e. The first kappa shape index (κ1) is 16.2. The number of hydrogen-bond donors (Lipinski definition) is 2. The van der Waals surface area contributed by atoms with Crippen LogP contribution in [0.1, 0.15) is 21.5 Å². The first-order valence-corrected chi connectivity index (χ1v) is 8.46. The summed E-state index contributed by atoms with van der Waals surface area (Å²) >= 11 is 8.21. The molecule has 0 unspecified atom stereocenters. The summed E-state index contributed by atoms with van der Waals surface area (Å²) in [5, 5.41) is 2.89. The number of carbonyl (C=O) groups is 1. The molecule has 0 radical (unpaired) electrons. The third kappa shape index (κ3) is 4.42. The van der Waals surface area contributed by atoms with Gasteiger partial charge < -0.3 is 11.1 Å². The smallest absolute Gasteiger partial charge is 0.257 e. The van der Waals surface area contributed by atoms with Gasteiger partial charge >= 0.3 is 0 Å². The van der Waals surface area contributed by atoms with Gasteiger partial charge in [0.05, 0.1) is 19.7 Å². The van der Waals surface area contributed by atoms with Crippen LogP contribution in [0.15, 0.2) is 31.8 Å². The Morgan fingerprint density at radius 1 is 1.33 bits per heavy atom. The Kier molecular flexibility index (Phi) is 5.59. The van der Waals surface area contributed by atoms with Crippen LogP contribution in [0, 0.1) is 18.8 Å². The highest BCUT2D eigenvalue weighted by Crippen LogP contribution is 2.32. The van der Waals surface area contributed by atoms with E-state index >= 15 is 0 Å². The zero-order chi connectivity index (χ0) is 15.4. The van der Waals surface area contributed by atoms with Crippen molar-refractivity contribution in [3.63, 3.8) is 0 Å². The molecular weight excluding hydrogens is 416 g/mol.